The molecule has 1 aromatic rings. The number of carbonyl (C=O) groups is 1. The second kappa shape index (κ2) is 6.53. The average molecular weight is 281 g/mol. The van der Waals surface area contributed by atoms with Crippen LogP contribution in [0.3, 0.4) is 0 Å². The van der Waals surface area contributed by atoms with Crippen molar-refractivity contribution in [2.24, 2.45) is 11.5 Å². The fourth-order valence-electron chi connectivity index (χ4n) is 1.72. The second-order valence-electron chi connectivity index (χ2n) is 4.00. The van der Waals surface area contributed by atoms with Crippen molar-refractivity contribution < 1.29 is 19.6 Å². The van der Waals surface area contributed by atoms with Crippen LogP contribution < -0.4 is 16.2 Å². The van der Waals surface area contributed by atoms with Crippen LogP contribution in [0.15, 0.2) is 24.5 Å². The number of ether oxygens (including phenoxy) is 1. The highest BCUT2D eigenvalue weighted by Crippen LogP contribution is 2.31. The molecule has 0 fully saturated rings. The Kier molecular flexibility index (Phi) is 5.04. The number of hydrogen-bond acceptors (Lipinski definition) is 6. The Balaban J connectivity index is 3.32. The van der Waals surface area contributed by atoms with Gasteiger partial charge >= 0.3 is 0 Å². The van der Waals surface area contributed by atoms with Crippen LogP contribution in [0.1, 0.15) is 12.0 Å². The molecule has 1 atom stereocenters. The summed E-state index contributed by atoms with van der Waals surface area (Å²) in [7, 11) is 1.40. The summed E-state index contributed by atoms with van der Waals surface area (Å²) in [4.78, 5) is 21.3. The molecule has 20 heavy (non-hydrogen) atoms. The summed E-state index contributed by atoms with van der Waals surface area (Å²) in [5.74, 6) is -0.321. The van der Waals surface area contributed by atoms with Crippen LogP contribution >= 0.6 is 0 Å². The third-order valence-electron chi connectivity index (χ3n) is 2.67. The van der Waals surface area contributed by atoms with E-state index in [1.165, 1.54) is 25.3 Å². The first kappa shape index (κ1) is 15.4. The summed E-state index contributed by atoms with van der Waals surface area (Å²) >= 11 is 0. The van der Waals surface area contributed by atoms with Crippen LogP contribution in [0.25, 0.3) is 5.57 Å². The Labute approximate surface area is 114 Å². The first-order valence-corrected chi connectivity index (χ1v) is 5.61. The Hall–Kier alpha value is -2.61. The van der Waals surface area contributed by atoms with Gasteiger partial charge in [-0.1, -0.05) is 0 Å². The molecule has 1 amide bonds. The molecule has 8 nitrogen and oxygen atoms in total. The van der Waals surface area contributed by atoms with Crippen LogP contribution in [0.5, 0.6) is 5.75 Å². The maximum absolute atomic E-state index is 11.0. The predicted molar refractivity (Wildman–Crippen MR) is 72.0 cm³/mol. The highest BCUT2D eigenvalue weighted by atomic mass is 16.6. The number of aliphatic hydroxyl groups excluding tert-OH is 1. The summed E-state index contributed by atoms with van der Waals surface area (Å²) in [6.07, 6.45) is 0.385. The van der Waals surface area contributed by atoms with Gasteiger partial charge in [-0.05, 0) is 12.1 Å². The molecule has 5 N–H and O–H groups in total. The smallest absolute Gasteiger partial charge is 0.277 e. The Bertz CT molecular complexity index is 556. The molecule has 1 rings (SSSR count). The van der Waals surface area contributed by atoms with Gasteiger partial charge < -0.3 is 21.3 Å². The maximum Gasteiger partial charge on any atom is 0.277 e. The standard InChI is InChI=1S/C12H15N3O5/c1-20-7-2-3-11(15(18)19)8(4-7)9(6-16)10(13)5-12(14)17/h2-4,6,10,16H,5,13H2,1H3,(H2,14,17)/b9-6-. The van der Waals surface area contributed by atoms with E-state index in [0.29, 0.717) is 12.0 Å². The van der Waals surface area contributed by atoms with E-state index in [1.54, 1.807) is 0 Å². The summed E-state index contributed by atoms with van der Waals surface area (Å²) in [6.45, 7) is 0. The lowest BCUT2D eigenvalue weighted by atomic mass is 9.96. The summed E-state index contributed by atoms with van der Waals surface area (Å²) < 4.78 is 4.98. The SMILES string of the molecule is COc1ccc([N+](=O)[O-])c(/C(=C/O)C(N)CC(N)=O)c1. The van der Waals surface area contributed by atoms with Crippen LogP contribution in [0.2, 0.25) is 0 Å². The lowest BCUT2D eigenvalue weighted by molar-refractivity contribution is -0.385. The molecule has 0 aliphatic carbocycles. The number of amides is 1. The van der Waals surface area contributed by atoms with Gasteiger partial charge in [0.1, 0.15) is 5.75 Å². The van der Waals surface area contributed by atoms with E-state index in [1.807, 2.05) is 0 Å². The third-order valence-corrected chi connectivity index (χ3v) is 2.67. The van der Waals surface area contributed by atoms with Crippen LogP contribution in [-0.4, -0.2) is 29.1 Å². The molecule has 1 unspecified atom stereocenters. The van der Waals surface area contributed by atoms with E-state index in [-0.39, 0.29) is 23.2 Å². The normalized spacial score (nSPS) is 12.8. The number of nitrogens with zero attached hydrogens (tertiary/aromatic N) is 1. The van der Waals surface area contributed by atoms with E-state index >= 15 is 0 Å². The highest BCUT2D eigenvalue weighted by molar-refractivity contribution is 5.82. The maximum atomic E-state index is 11.0. The van der Waals surface area contributed by atoms with Crippen molar-refractivity contribution in [2.45, 2.75) is 12.5 Å². The van der Waals surface area contributed by atoms with Crippen LogP contribution in [0.4, 0.5) is 5.69 Å². The van der Waals surface area contributed by atoms with E-state index in [2.05, 4.69) is 0 Å². The molecule has 8 heteroatoms. The number of benzene rings is 1. The summed E-state index contributed by atoms with van der Waals surface area (Å²) in [5.41, 5.74) is 10.6. The molecule has 0 bridgehead atoms. The molecular formula is C12H15N3O5. The molecule has 0 aromatic heterocycles. The van der Waals surface area contributed by atoms with Gasteiger partial charge in [0.2, 0.25) is 5.91 Å². The number of primary amides is 1. The topological polar surface area (TPSA) is 142 Å². The van der Waals surface area contributed by atoms with Gasteiger partial charge in [0, 0.05) is 24.1 Å². The largest absolute Gasteiger partial charge is 0.515 e. The molecule has 0 aliphatic rings. The Morgan fingerprint density at radius 3 is 2.70 bits per heavy atom. The van der Waals surface area contributed by atoms with Crippen molar-refractivity contribution in [2.75, 3.05) is 7.11 Å². The predicted octanol–water partition coefficient (Wildman–Crippen LogP) is 0.705. The minimum atomic E-state index is -0.955. The Morgan fingerprint density at radius 1 is 1.60 bits per heavy atom. The second-order valence-corrected chi connectivity index (χ2v) is 4.00. The first-order valence-electron chi connectivity index (χ1n) is 5.61. The van der Waals surface area contributed by atoms with Gasteiger partial charge in [-0.3, -0.25) is 14.9 Å². The van der Waals surface area contributed by atoms with Gasteiger partial charge in [0.05, 0.1) is 23.9 Å². The number of methoxy groups -OCH3 is 1. The molecule has 0 heterocycles. The van der Waals surface area contributed by atoms with E-state index < -0.39 is 16.9 Å². The number of aliphatic hydroxyl groups is 1. The lowest BCUT2D eigenvalue weighted by Crippen LogP contribution is -2.29. The molecule has 1 aromatic carbocycles. The molecule has 0 spiro atoms. The molecule has 0 aliphatic heterocycles. The summed E-state index contributed by atoms with van der Waals surface area (Å²) in [5, 5.41) is 20.3. The van der Waals surface area contributed by atoms with Crippen LogP contribution in [-0.2, 0) is 4.79 Å². The van der Waals surface area contributed by atoms with E-state index in [0.717, 1.165) is 0 Å². The Morgan fingerprint density at radius 2 is 2.25 bits per heavy atom. The number of nitrogens with two attached hydrogens (primary N) is 2. The zero-order valence-electron chi connectivity index (χ0n) is 10.8. The van der Waals surface area contributed by atoms with Crippen molar-refractivity contribution in [1.29, 1.82) is 0 Å². The van der Waals surface area contributed by atoms with Gasteiger partial charge in [0.25, 0.3) is 5.69 Å². The zero-order valence-corrected chi connectivity index (χ0v) is 10.8. The number of rotatable bonds is 6. The summed E-state index contributed by atoms with van der Waals surface area (Å²) in [6, 6.07) is 3.05. The fraction of sp³-hybridized carbons (Fsp3) is 0.250. The minimum Gasteiger partial charge on any atom is -0.515 e. The number of nitro benzene ring substituents is 1. The number of nitro groups is 1. The van der Waals surface area contributed by atoms with Crippen LogP contribution in [0, 0.1) is 10.1 Å². The third kappa shape index (κ3) is 3.45. The van der Waals surface area contributed by atoms with Crippen molar-refractivity contribution in [3.8, 4) is 5.75 Å². The highest BCUT2D eigenvalue weighted by Gasteiger charge is 2.23. The molecule has 108 valence electrons. The lowest BCUT2D eigenvalue weighted by Gasteiger charge is -2.14. The van der Waals surface area contributed by atoms with Gasteiger partial charge in [-0.25, -0.2) is 0 Å². The number of carbonyl (C=O) groups excluding carboxylic acids is 1. The zero-order chi connectivity index (χ0) is 15.3. The van der Waals surface area contributed by atoms with E-state index in [9.17, 15) is 20.0 Å². The molecule has 0 saturated heterocycles. The van der Waals surface area contributed by atoms with Gasteiger partial charge in [-0.2, -0.15) is 0 Å². The first-order chi connectivity index (χ1) is 9.40. The van der Waals surface area contributed by atoms with E-state index in [4.69, 9.17) is 16.2 Å². The minimum absolute atomic E-state index is 0.0365. The average Bonchev–Trinajstić information content (AvgIpc) is 2.38. The number of hydrogen-bond donors (Lipinski definition) is 3. The molecular weight excluding hydrogens is 266 g/mol. The quantitative estimate of drug-likeness (QED) is 0.398. The molecule has 0 radical (unpaired) electrons. The molecule has 0 saturated carbocycles. The van der Waals surface area contributed by atoms with Crippen molar-refractivity contribution >= 4 is 17.2 Å². The van der Waals surface area contributed by atoms with Crippen molar-refractivity contribution in [3.63, 3.8) is 0 Å². The van der Waals surface area contributed by atoms with Crippen molar-refractivity contribution in [3.05, 3.63) is 40.1 Å². The van der Waals surface area contributed by atoms with Gasteiger partial charge in [0.15, 0.2) is 0 Å². The van der Waals surface area contributed by atoms with Crippen molar-refractivity contribution in [1.82, 2.24) is 0 Å². The fourth-order valence-corrected chi connectivity index (χ4v) is 1.72. The van der Waals surface area contributed by atoms with Gasteiger partial charge in [-0.15, -0.1) is 0 Å². The monoisotopic (exact) mass is 281 g/mol.